The van der Waals surface area contributed by atoms with Crippen molar-refractivity contribution < 1.29 is 14.3 Å². The fourth-order valence-electron chi connectivity index (χ4n) is 3.81. The van der Waals surface area contributed by atoms with E-state index in [4.69, 9.17) is 4.74 Å². The van der Waals surface area contributed by atoms with Gasteiger partial charge in [0.15, 0.2) is 5.82 Å². The van der Waals surface area contributed by atoms with Crippen molar-refractivity contribution in [1.82, 2.24) is 29.5 Å². The van der Waals surface area contributed by atoms with Crippen molar-refractivity contribution >= 4 is 11.8 Å². The van der Waals surface area contributed by atoms with Crippen molar-refractivity contribution in [3.05, 3.63) is 65.0 Å². The standard InChI is InChI=1S/C22H26N6O3/c1-5-28-14(2)16(10-23-28)11-26(3)22(30)19-13-27-12-18(25-21(29)20(27)24-19)15-6-8-17(31-4)9-7-15/h6-10,13,18H,5,11-12H2,1-4H3,(H,25,29). The van der Waals surface area contributed by atoms with Crippen LogP contribution in [0.3, 0.4) is 0 Å². The third kappa shape index (κ3) is 3.90. The van der Waals surface area contributed by atoms with E-state index in [1.807, 2.05) is 42.8 Å². The van der Waals surface area contributed by atoms with E-state index in [2.05, 4.69) is 15.4 Å². The predicted octanol–water partition coefficient (Wildman–Crippen LogP) is 2.17. The monoisotopic (exact) mass is 422 g/mol. The second-order valence-electron chi connectivity index (χ2n) is 7.63. The Morgan fingerprint density at radius 3 is 2.71 bits per heavy atom. The molecule has 0 fully saturated rings. The topological polar surface area (TPSA) is 94.3 Å². The molecule has 4 rings (SSSR count). The summed E-state index contributed by atoms with van der Waals surface area (Å²) in [6.07, 6.45) is 3.44. The summed E-state index contributed by atoms with van der Waals surface area (Å²) in [6.45, 7) is 5.72. The molecule has 1 aliphatic heterocycles. The number of nitrogens with zero attached hydrogens (tertiary/aromatic N) is 5. The summed E-state index contributed by atoms with van der Waals surface area (Å²) in [5.41, 5.74) is 3.23. The number of carbonyl (C=O) groups is 2. The van der Waals surface area contributed by atoms with Crippen LogP contribution in [0.4, 0.5) is 0 Å². The number of nitrogens with one attached hydrogen (secondary N) is 1. The highest BCUT2D eigenvalue weighted by molar-refractivity contribution is 5.96. The molecular weight excluding hydrogens is 396 g/mol. The zero-order chi connectivity index (χ0) is 22.1. The van der Waals surface area contributed by atoms with Crippen LogP contribution in [0.1, 0.15) is 50.9 Å². The van der Waals surface area contributed by atoms with Gasteiger partial charge in [-0.2, -0.15) is 5.10 Å². The summed E-state index contributed by atoms with van der Waals surface area (Å²) in [5.74, 6) is 0.467. The molecule has 162 valence electrons. The van der Waals surface area contributed by atoms with Crippen LogP contribution >= 0.6 is 0 Å². The van der Waals surface area contributed by atoms with Gasteiger partial charge in [-0.25, -0.2) is 4.98 Å². The van der Waals surface area contributed by atoms with Crippen molar-refractivity contribution in [3.8, 4) is 5.75 Å². The minimum atomic E-state index is -0.297. The Morgan fingerprint density at radius 2 is 2.06 bits per heavy atom. The van der Waals surface area contributed by atoms with Gasteiger partial charge in [-0.3, -0.25) is 14.3 Å². The number of aryl methyl sites for hydroxylation is 1. The van der Waals surface area contributed by atoms with Crippen LogP contribution in [0.15, 0.2) is 36.7 Å². The molecular formula is C22H26N6O3. The van der Waals surface area contributed by atoms with E-state index in [-0.39, 0.29) is 29.4 Å². The average Bonchev–Trinajstić information content (AvgIpc) is 3.37. The molecule has 0 aliphatic carbocycles. The number of methoxy groups -OCH3 is 1. The molecule has 2 amide bonds. The number of rotatable bonds is 6. The Labute approximate surface area is 180 Å². The molecule has 9 heteroatoms. The number of amides is 2. The predicted molar refractivity (Wildman–Crippen MR) is 114 cm³/mol. The summed E-state index contributed by atoms with van der Waals surface area (Å²) < 4.78 is 8.83. The Kier molecular flexibility index (Phi) is 5.50. The lowest BCUT2D eigenvalue weighted by molar-refractivity contribution is 0.0779. The first kappa shape index (κ1) is 20.6. The minimum Gasteiger partial charge on any atom is -0.497 e. The number of aromatic nitrogens is 4. The number of ether oxygens (including phenoxy) is 1. The molecule has 0 spiro atoms. The van der Waals surface area contributed by atoms with Crippen molar-refractivity contribution in [2.24, 2.45) is 0 Å². The highest BCUT2D eigenvalue weighted by Gasteiger charge is 2.29. The first-order chi connectivity index (χ1) is 14.9. The smallest absolute Gasteiger partial charge is 0.287 e. The van der Waals surface area contributed by atoms with Crippen LogP contribution in [0, 0.1) is 6.92 Å². The van der Waals surface area contributed by atoms with E-state index >= 15 is 0 Å². The van der Waals surface area contributed by atoms with Gasteiger partial charge >= 0.3 is 0 Å². The maximum atomic E-state index is 13.0. The quantitative estimate of drug-likeness (QED) is 0.657. The lowest BCUT2D eigenvalue weighted by Gasteiger charge is -2.25. The Morgan fingerprint density at radius 1 is 1.32 bits per heavy atom. The van der Waals surface area contributed by atoms with Gasteiger partial charge in [0, 0.05) is 44.1 Å². The zero-order valence-corrected chi connectivity index (χ0v) is 18.1. The fraction of sp³-hybridized carbons (Fsp3) is 0.364. The molecule has 0 bridgehead atoms. The van der Waals surface area contributed by atoms with Gasteiger partial charge in [0.25, 0.3) is 11.8 Å². The summed E-state index contributed by atoms with van der Waals surface area (Å²) >= 11 is 0. The van der Waals surface area contributed by atoms with E-state index < -0.39 is 0 Å². The van der Waals surface area contributed by atoms with Gasteiger partial charge in [-0.05, 0) is 31.5 Å². The summed E-state index contributed by atoms with van der Waals surface area (Å²) in [4.78, 5) is 31.5. The number of hydrogen-bond acceptors (Lipinski definition) is 5. The number of fused-ring (bicyclic) bond motifs is 1. The first-order valence-corrected chi connectivity index (χ1v) is 10.2. The van der Waals surface area contributed by atoms with Crippen LogP contribution in [-0.4, -0.2) is 50.2 Å². The third-order valence-electron chi connectivity index (χ3n) is 5.66. The van der Waals surface area contributed by atoms with E-state index in [1.165, 1.54) is 0 Å². The maximum absolute atomic E-state index is 13.0. The van der Waals surface area contributed by atoms with Crippen LogP contribution in [-0.2, 0) is 19.6 Å². The molecule has 1 N–H and O–H groups in total. The molecule has 1 aromatic carbocycles. The van der Waals surface area contributed by atoms with Crippen molar-refractivity contribution in [2.75, 3.05) is 14.2 Å². The molecule has 2 aromatic heterocycles. The Hall–Kier alpha value is -3.62. The van der Waals surface area contributed by atoms with Crippen molar-refractivity contribution in [3.63, 3.8) is 0 Å². The second-order valence-corrected chi connectivity index (χ2v) is 7.63. The van der Waals surface area contributed by atoms with Crippen LogP contribution < -0.4 is 10.1 Å². The third-order valence-corrected chi connectivity index (χ3v) is 5.66. The highest BCUT2D eigenvalue weighted by atomic mass is 16.5. The van der Waals surface area contributed by atoms with E-state index in [0.29, 0.717) is 13.1 Å². The molecule has 0 saturated heterocycles. The largest absolute Gasteiger partial charge is 0.497 e. The molecule has 1 aliphatic rings. The highest BCUT2D eigenvalue weighted by Crippen LogP contribution is 2.24. The molecule has 31 heavy (non-hydrogen) atoms. The van der Waals surface area contributed by atoms with Crippen molar-refractivity contribution in [2.45, 2.75) is 39.5 Å². The Balaban J connectivity index is 1.51. The number of imidazole rings is 1. The number of benzene rings is 1. The maximum Gasteiger partial charge on any atom is 0.287 e. The lowest BCUT2D eigenvalue weighted by atomic mass is 10.1. The van der Waals surface area contributed by atoms with E-state index in [9.17, 15) is 9.59 Å². The molecule has 0 saturated carbocycles. The molecule has 0 radical (unpaired) electrons. The average molecular weight is 422 g/mol. The minimum absolute atomic E-state index is 0.205. The zero-order valence-electron chi connectivity index (χ0n) is 18.1. The molecule has 1 atom stereocenters. The van der Waals surface area contributed by atoms with Crippen LogP contribution in [0.25, 0.3) is 0 Å². The molecule has 9 nitrogen and oxygen atoms in total. The van der Waals surface area contributed by atoms with Gasteiger partial charge < -0.3 is 19.5 Å². The SMILES string of the molecule is CCn1ncc(CN(C)C(=O)c2cn3c(n2)C(=O)NC(c2ccc(OC)cc2)C3)c1C. The molecule has 3 heterocycles. The second kappa shape index (κ2) is 8.25. The van der Waals surface area contributed by atoms with Crippen LogP contribution in [0.5, 0.6) is 5.75 Å². The van der Waals surface area contributed by atoms with Gasteiger partial charge in [0.2, 0.25) is 0 Å². The van der Waals surface area contributed by atoms with Gasteiger partial charge in [-0.15, -0.1) is 0 Å². The Bertz CT molecular complexity index is 1110. The normalized spacial score (nSPS) is 15.4. The summed E-state index contributed by atoms with van der Waals surface area (Å²) in [6, 6.07) is 7.35. The fourth-order valence-corrected chi connectivity index (χ4v) is 3.81. The summed E-state index contributed by atoms with van der Waals surface area (Å²) in [5, 5.41) is 7.29. The van der Waals surface area contributed by atoms with E-state index in [1.54, 1.807) is 36.0 Å². The number of carbonyl (C=O) groups excluding carboxylic acids is 2. The van der Waals surface area contributed by atoms with Gasteiger partial charge in [-0.1, -0.05) is 12.1 Å². The van der Waals surface area contributed by atoms with Crippen molar-refractivity contribution in [1.29, 1.82) is 0 Å². The van der Waals surface area contributed by atoms with E-state index in [0.717, 1.165) is 29.1 Å². The van der Waals surface area contributed by atoms with Crippen LogP contribution in [0.2, 0.25) is 0 Å². The lowest BCUT2D eigenvalue weighted by Crippen LogP contribution is -2.38. The summed E-state index contributed by atoms with van der Waals surface area (Å²) in [7, 11) is 3.34. The molecule has 1 unspecified atom stereocenters. The van der Waals surface area contributed by atoms with Gasteiger partial charge in [0.05, 0.1) is 19.3 Å². The number of hydrogen-bond donors (Lipinski definition) is 1. The van der Waals surface area contributed by atoms with Gasteiger partial charge in [0.1, 0.15) is 11.4 Å². The molecule has 3 aromatic rings. The first-order valence-electron chi connectivity index (χ1n) is 10.2.